The number of carbonyl (C=O) groups is 1. The van der Waals surface area contributed by atoms with Crippen LogP contribution in [0.25, 0.3) is 22.0 Å². The molecule has 4 rings (SSSR count). The highest BCUT2D eigenvalue weighted by atomic mass is 16.2. The van der Waals surface area contributed by atoms with Crippen LogP contribution in [0.3, 0.4) is 0 Å². The van der Waals surface area contributed by atoms with Crippen LogP contribution in [-0.4, -0.2) is 15.7 Å². The summed E-state index contributed by atoms with van der Waals surface area (Å²) in [6, 6.07) is 21.2. The van der Waals surface area contributed by atoms with Crippen LogP contribution in [0.2, 0.25) is 0 Å². The van der Waals surface area contributed by atoms with Crippen molar-refractivity contribution in [2.45, 2.75) is 27.3 Å². The van der Waals surface area contributed by atoms with Gasteiger partial charge in [-0.3, -0.25) is 9.59 Å². The standard InChI is InChI=1S/C25H23N3O2/c1-16-13-17(2)25(18(3)14-16)26-23(29)15-28-24(30)12-11-22(27-28)21-10-6-8-19-7-4-5-9-20(19)21/h4-14H,15H2,1-3H3,(H,26,29). The summed E-state index contributed by atoms with van der Waals surface area (Å²) in [5, 5.41) is 9.55. The third-order valence-electron chi connectivity index (χ3n) is 5.17. The molecule has 1 amide bonds. The van der Waals surface area contributed by atoms with Crippen LogP contribution in [-0.2, 0) is 11.3 Å². The molecule has 5 nitrogen and oxygen atoms in total. The van der Waals surface area contributed by atoms with Crippen LogP contribution in [0, 0.1) is 20.8 Å². The monoisotopic (exact) mass is 397 g/mol. The average Bonchev–Trinajstić information content (AvgIpc) is 2.72. The van der Waals surface area contributed by atoms with E-state index in [0.29, 0.717) is 5.69 Å². The minimum Gasteiger partial charge on any atom is -0.324 e. The Bertz CT molecular complexity index is 1290. The molecule has 0 fully saturated rings. The number of nitrogens with zero attached hydrogens (tertiary/aromatic N) is 2. The van der Waals surface area contributed by atoms with Gasteiger partial charge in [0, 0.05) is 17.3 Å². The second-order valence-corrected chi connectivity index (χ2v) is 7.56. The summed E-state index contributed by atoms with van der Waals surface area (Å²) >= 11 is 0. The Kier molecular flexibility index (Phi) is 5.19. The number of anilines is 1. The molecule has 0 bridgehead atoms. The SMILES string of the molecule is Cc1cc(C)c(NC(=O)Cn2nc(-c3cccc4ccccc34)ccc2=O)c(C)c1. The Morgan fingerprint density at radius 2 is 1.63 bits per heavy atom. The minimum atomic E-state index is -0.313. The van der Waals surface area contributed by atoms with Crippen LogP contribution in [0.5, 0.6) is 0 Å². The molecular formula is C25H23N3O2. The summed E-state index contributed by atoms with van der Waals surface area (Å²) < 4.78 is 1.21. The molecule has 1 heterocycles. The molecule has 0 saturated heterocycles. The molecule has 5 heteroatoms. The number of fused-ring (bicyclic) bond motifs is 1. The van der Waals surface area contributed by atoms with Crippen LogP contribution >= 0.6 is 0 Å². The molecule has 0 aliphatic heterocycles. The van der Waals surface area contributed by atoms with Gasteiger partial charge >= 0.3 is 0 Å². The normalized spacial score (nSPS) is 10.9. The number of hydrogen-bond donors (Lipinski definition) is 1. The van der Waals surface area contributed by atoms with E-state index in [1.807, 2.05) is 75.4 Å². The van der Waals surface area contributed by atoms with E-state index in [1.54, 1.807) is 6.07 Å². The number of hydrogen-bond acceptors (Lipinski definition) is 3. The van der Waals surface area contributed by atoms with Crippen LogP contribution < -0.4 is 10.9 Å². The lowest BCUT2D eigenvalue weighted by atomic mass is 10.0. The van der Waals surface area contributed by atoms with E-state index in [0.717, 1.165) is 38.7 Å². The van der Waals surface area contributed by atoms with Crippen molar-refractivity contribution in [3.8, 4) is 11.3 Å². The summed E-state index contributed by atoms with van der Waals surface area (Å²) in [7, 11) is 0. The average molecular weight is 397 g/mol. The fraction of sp³-hybridized carbons (Fsp3) is 0.160. The van der Waals surface area contributed by atoms with E-state index in [4.69, 9.17) is 0 Å². The smallest absolute Gasteiger partial charge is 0.267 e. The summed E-state index contributed by atoms with van der Waals surface area (Å²) in [6.45, 7) is 5.79. The molecule has 4 aromatic rings. The van der Waals surface area contributed by atoms with Gasteiger partial charge in [-0.05, 0) is 48.7 Å². The largest absolute Gasteiger partial charge is 0.324 e. The summed E-state index contributed by atoms with van der Waals surface area (Å²) in [4.78, 5) is 25.0. The molecule has 150 valence electrons. The number of rotatable bonds is 4. The Morgan fingerprint density at radius 3 is 2.40 bits per heavy atom. The molecule has 30 heavy (non-hydrogen) atoms. The van der Waals surface area contributed by atoms with E-state index in [1.165, 1.54) is 10.7 Å². The van der Waals surface area contributed by atoms with Gasteiger partial charge in [-0.1, -0.05) is 60.2 Å². The van der Waals surface area contributed by atoms with E-state index >= 15 is 0 Å². The van der Waals surface area contributed by atoms with Crippen molar-refractivity contribution in [3.63, 3.8) is 0 Å². The van der Waals surface area contributed by atoms with Crippen LogP contribution in [0.4, 0.5) is 5.69 Å². The highest BCUT2D eigenvalue weighted by Crippen LogP contribution is 2.26. The third kappa shape index (κ3) is 3.87. The van der Waals surface area contributed by atoms with Crippen molar-refractivity contribution in [2.24, 2.45) is 0 Å². The van der Waals surface area contributed by atoms with Gasteiger partial charge in [0.15, 0.2) is 0 Å². The van der Waals surface area contributed by atoms with Crippen LogP contribution in [0.1, 0.15) is 16.7 Å². The number of aryl methyl sites for hydroxylation is 3. The first-order chi connectivity index (χ1) is 14.4. The zero-order chi connectivity index (χ0) is 21.3. The second kappa shape index (κ2) is 7.95. The summed E-state index contributed by atoms with van der Waals surface area (Å²) in [5.74, 6) is -0.283. The van der Waals surface area contributed by atoms with Crippen molar-refractivity contribution >= 4 is 22.4 Å². The number of nitrogens with one attached hydrogen (secondary N) is 1. The van der Waals surface area contributed by atoms with Gasteiger partial charge in [-0.15, -0.1) is 0 Å². The Morgan fingerprint density at radius 1 is 0.933 bits per heavy atom. The number of carbonyl (C=O) groups excluding carboxylic acids is 1. The molecule has 1 N–H and O–H groups in total. The van der Waals surface area contributed by atoms with Crippen molar-refractivity contribution in [2.75, 3.05) is 5.32 Å². The van der Waals surface area contributed by atoms with Gasteiger partial charge in [0.1, 0.15) is 6.54 Å². The molecule has 0 unspecified atom stereocenters. The molecule has 0 atom stereocenters. The van der Waals surface area contributed by atoms with Gasteiger partial charge in [0.05, 0.1) is 5.69 Å². The molecule has 0 spiro atoms. The molecule has 3 aromatic carbocycles. The van der Waals surface area contributed by atoms with Gasteiger partial charge in [-0.2, -0.15) is 5.10 Å². The second-order valence-electron chi connectivity index (χ2n) is 7.56. The van der Waals surface area contributed by atoms with Crippen molar-refractivity contribution in [1.29, 1.82) is 0 Å². The van der Waals surface area contributed by atoms with E-state index in [-0.39, 0.29) is 18.0 Å². The first kappa shape index (κ1) is 19.6. The first-order valence-corrected chi connectivity index (χ1v) is 9.86. The number of benzene rings is 3. The van der Waals surface area contributed by atoms with E-state index < -0.39 is 0 Å². The fourth-order valence-corrected chi connectivity index (χ4v) is 3.85. The van der Waals surface area contributed by atoms with Gasteiger partial charge < -0.3 is 5.32 Å². The zero-order valence-corrected chi connectivity index (χ0v) is 17.3. The lowest BCUT2D eigenvalue weighted by Crippen LogP contribution is -2.29. The van der Waals surface area contributed by atoms with E-state index in [9.17, 15) is 9.59 Å². The first-order valence-electron chi connectivity index (χ1n) is 9.86. The maximum absolute atomic E-state index is 12.7. The highest BCUT2D eigenvalue weighted by molar-refractivity contribution is 5.95. The predicted octanol–water partition coefficient (Wildman–Crippen LogP) is 4.63. The Labute approximate surface area is 175 Å². The topological polar surface area (TPSA) is 64.0 Å². The number of aromatic nitrogens is 2. The molecule has 1 aromatic heterocycles. The fourth-order valence-electron chi connectivity index (χ4n) is 3.85. The summed E-state index contributed by atoms with van der Waals surface area (Å²) in [5.41, 5.74) is 5.17. The van der Waals surface area contributed by atoms with Crippen molar-refractivity contribution in [3.05, 3.63) is 93.8 Å². The summed E-state index contributed by atoms with van der Waals surface area (Å²) in [6.07, 6.45) is 0. The maximum atomic E-state index is 12.7. The lowest BCUT2D eigenvalue weighted by molar-refractivity contribution is -0.117. The highest BCUT2D eigenvalue weighted by Gasteiger charge is 2.12. The zero-order valence-electron chi connectivity index (χ0n) is 17.3. The lowest BCUT2D eigenvalue weighted by Gasteiger charge is -2.14. The van der Waals surface area contributed by atoms with E-state index in [2.05, 4.69) is 10.4 Å². The van der Waals surface area contributed by atoms with Crippen molar-refractivity contribution < 1.29 is 4.79 Å². The quantitative estimate of drug-likeness (QED) is 0.546. The molecule has 0 aliphatic rings. The predicted molar refractivity (Wildman–Crippen MR) is 121 cm³/mol. The number of amides is 1. The third-order valence-corrected chi connectivity index (χ3v) is 5.17. The van der Waals surface area contributed by atoms with Gasteiger partial charge in [0.25, 0.3) is 5.56 Å². The molecule has 0 aliphatic carbocycles. The van der Waals surface area contributed by atoms with Gasteiger partial charge in [-0.25, -0.2) is 4.68 Å². The molecule has 0 radical (unpaired) electrons. The molecule has 0 saturated carbocycles. The van der Waals surface area contributed by atoms with Gasteiger partial charge in [0.2, 0.25) is 5.91 Å². The van der Waals surface area contributed by atoms with Crippen molar-refractivity contribution in [1.82, 2.24) is 9.78 Å². The Balaban J connectivity index is 1.64. The maximum Gasteiger partial charge on any atom is 0.267 e. The minimum absolute atomic E-state index is 0.149. The molecular weight excluding hydrogens is 374 g/mol. The van der Waals surface area contributed by atoms with Crippen LogP contribution in [0.15, 0.2) is 71.5 Å². The Hall–Kier alpha value is -3.73.